The Hall–Kier alpha value is -3.58. The van der Waals surface area contributed by atoms with E-state index in [1.54, 1.807) is 7.11 Å². The van der Waals surface area contributed by atoms with Gasteiger partial charge in [0.25, 0.3) is 5.91 Å². The van der Waals surface area contributed by atoms with E-state index in [4.69, 9.17) is 15.5 Å². The molecule has 2 atom stereocenters. The topological polar surface area (TPSA) is 78.3 Å². The molecule has 1 aliphatic carbocycles. The lowest BCUT2D eigenvalue weighted by Crippen LogP contribution is -2.67. The maximum atomic E-state index is 13.7. The van der Waals surface area contributed by atoms with Gasteiger partial charge in [-0.15, -0.1) is 0 Å². The van der Waals surface area contributed by atoms with Crippen LogP contribution in [-0.2, 0) is 13.6 Å². The first kappa shape index (κ1) is 28.5. The van der Waals surface area contributed by atoms with E-state index in [1.807, 2.05) is 24.1 Å². The molecule has 0 radical (unpaired) electrons. The van der Waals surface area contributed by atoms with Gasteiger partial charge in [-0.1, -0.05) is 39.0 Å². The van der Waals surface area contributed by atoms with Crippen LogP contribution in [0.2, 0.25) is 0 Å². The minimum Gasteiger partial charge on any atom is -0.494 e. The fourth-order valence-electron chi connectivity index (χ4n) is 6.66. The molecule has 42 heavy (non-hydrogen) atoms. The number of methoxy groups -OCH3 is 1. The molecule has 2 fully saturated rings. The van der Waals surface area contributed by atoms with Gasteiger partial charge in [0.05, 0.1) is 18.3 Å². The van der Waals surface area contributed by atoms with E-state index in [0.717, 1.165) is 41.9 Å². The molecule has 2 aromatic heterocycles. The molecule has 6 rings (SSSR count). The standard InChI is InChI=1S/C35H45N5O2/c1-7-35(20-36)21-40(23(35)4)34(41)27-16-28-32(31(18-27)42-6)38(5)33(37-28)30-17-26-15-24(10-8-9-22(2)3)13-14-29(26)39(30)19-25-11-12-25/h8,10,13-18,22-23,25H,7,9,11-12,19-21,36H2,1-6H3/b10-8+/t23?,35-/m0/s1. The SMILES string of the molecule is CC[C@]1(CN)CN(C(=O)c2cc(OC)c3c(c2)nc(-c2cc4cc(/C=C/CC(C)C)ccc4n2CC2CC2)n3C)C1C. The number of nitrogens with two attached hydrogens (primary N) is 1. The molecule has 1 aliphatic heterocycles. The number of carbonyl (C=O) groups is 1. The normalized spacial score (nSPS) is 20.8. The Balaban J connectivity index is 1.41. The van der Waals surface area contributed by atoms with Crippen molar-refractivity contribution < 1.29 is 9.53 Å². The number of allylic oxidation sites excluding steroid dienone is 1. The Labute approximate surface area is 249 Å². The van der Waals surface area contributed by atoms with E-state index in [0.29, 0.717) is 36.2 Å². The van der Waals surface area contributed by atoms with E-state index in [-0.39, 0.29) is 17.4 Å². The number of carbonyl (C=O) groups excluding carboxylic acids is 1. The molecule has 1 amide bonds. The average Bonchev–Trinajstić information content (AvgIpc) is 3.65. The maximum absolute atomic E-state index is 13.7. The molecule has 2 aromatic carbocycles. The van der Waals surface area contributed by atoms with Crippen molar-refractivity contribution in [3.63, 3.8) is 0 Å². The molecule has 0 spiro atoms. The van der Waals surface area contributed by atoms with Crippen LogP contribution in [0.25, 0.3) is 39.5 Å². The van der Waals surface area contributed by atoms with Gasteiger partial charge < -0.3 is 24.5 Å². The van der Waals surface area contributed by atoms with Crippen molar-refractivity contribution in [3.8, 4) is 17.3 Å². The number of hydrogen-bond donors (Lipinski definition) is 1. The zero-order chi connectivity index (χ0) is 29.8. The highest BCUT2D eigenvalue weighted by Crippen LogP contribution is 2.42. The van der Waals surface area contributed by atoms with Crippen molar-refractivity contribution >= 4 is 33.9 Å². The van der Waals surface area contributed by atoms with Crippen LogP contribution < -0.4 is 10.5 Å². The van der Waals surface area contributed by atoms with Crippen LogP contribution in [0, 0.1) is 17.3 Å². The zero-order valence-corrected chi connectivity index (χ0v) is 26.0. The number of benzene rings is 2. The first-order chi connectivity index (χ1) is 20.2. The Morgan fingerprint density at radius 1 is 1.21 bits per heavy atom. The van der Waals surface area contributed by atoms with Gasteiger partial charge in [-0.25, -0.2) is 4.98 Å². The Bertz CT molecular complexity index is 1670. The first-order valence-electron chi connectivity index (χ1n) is 15.5. The van der Waals surface area contributed by atoms with E-state index < -0.39 is 0 Å². The van der Waals surface area contributed by atoms with E-state index >= 15 is 0 Å². The van der Waals surface area contributed by atoms with Crippen LogP contribution in [-0.4, -0.2) is 51.2 Å². The van der Waals surface area contributed by atoms with Crippen LogP contribution in [0.4, 0.5) is 0 Å². The van der Waals surface area contributed by atoms with Gasteiger partial charge in [-0.2, -0.15) is 0 Å². The fourth-order valence-corrected chi connectivity index (χ4v) is 6.66. The highest BCUT2D eigenvalue weighted by Gasteiger charge is 2.50. The number of aryl methyl sites for hydroxylation is 1. The molecule has 1 saturated carbocycles. The quantitative estimate of drug-likeness (QED) is 0.227. The molecule has 1 saturated heterocycles. The summed E-state index contributed by atoms with van der Waals surface area (Å²) in [5.74, 6) is 2.90. The van der Waals surface area contributed by atoms with E-state index in [9.17, 15) is 4.79 Å². The summed E-state index contributed by atoms with van der Waals surface area (Å²) >= 11 is 0. The van der Waals surface area contributed by atoms with Crippen LogP contribution in [0.3, 0.4) is 0 Å². The van der Waals surface area contributed by atoms with Gasteiger partial charge in [0.1, 0.15) is 11.3 Å². The predicted molar refractivity (Wildman–Crippen MR) is 172 cm³/mol. The number of amides is 1. The summed E-state index contributed by atoms with van der Waals surface area (Å²) in [5.41, 5.74) is 11.9. The van der Waals surface area contributed by atoms with Crippen LogP contribution in [0.1, 0.15) is 69.3 Å². The summed E-state index contributed by atoms with van der Waals surface area (Å²) in [6.45, 7) is 11.0. The average molecular weight is 568 g/mol. The third-order valence-electron chi connectivity index (χ3n) is 9.82. The largest absolute Gasteiger partial charge is 0.494 e. The predicted octanol–water partition coefficient (Wildman–Crippen LogP) is 6.87. The molecule has 1 unspecified atom stereocenters. The van der Waals surface area contributed by atoms with E-state index in [1.165, 1.54) is 29.3 Å². The smallest absolute Gasteiger partial charge is 0.254 e. The Morgan fingerprint density at radius 3 is 2.64 bits per heavy atom. The van der Waals surface area contributed by atoms with Crippen molar-refractivity contribution in [2.75, 3.05) is 20.2 Å². The lowest BCUT2D eigenvalue weighted by atomic mass is 9.70. The Morgan fingerprint density at radius 2 is 2.00 bits per heavy atom. The zero-order valence-electron chi connectivity index (χ0n) is 26.0. The van der Waals surface area contributed by atoms with E-state index in [2.05, 4.69) is 73.2 Å². The second kappa shape index (κ2) is 10.9. The lowest BCUT2D eigenvalue weighted by molar-refractivity contribution is -0.0403. The summed E-state index contributed by atoms with van der Waals surface area (Å²) in [6.07, 6.45) is 9.08. The number of aromatic nitrogens is 3. The Kier molecular flexibility index (Phi) is 7.42. The van der Waals surface area contributed by atoms with Crippen LogP contribution in [0.5, 0.6) is 5.75 Å². The molecular formula is C35H45N5O2. The highest BCUT2D eigenvalue weighted by atomic mass is 16.5. The second-order valence-corrected chi connectivity index (χ2v) is 13.0. The lowest BCUT2D eigenvalue weighted by Gasteiger charge is -2.56. The van der Waals surface area contributed by atoms with Crippen LogP contribution in [0.15, 0.2) is 42.5 Å². The van der Waals surface area contributed by atoms with Crippen molar-refractivity contribution in [1.82, 2.24) is 19.0 Å². The van der Waals surface area contributed by atoms with Crippen LogP contribution >= 0.6 is 0 Å². The molecule has 222 valence electrons. The fraction of sp³-hybridized carbons (Fsp3) is 0.486. The second-order valence-electron chi connectivity index (χ2n) is 13.0. The van der Waals surface area contributed by atoms with Gasteiger partial charge in [0.15, 0.2) is 5.82 Å². The maximum Gasteiger partial charge on any atom is 0.254 e. The molecule has 2 aliphatic rings. The highest BCUT2D eigenvalue weighted by molar-refractivity contribution is 6.01. The van der Waals surface area contributed by atoms with Crippen molar-refractivity contribution in [1.29, 1.82) is 0 Å². The summed E-state index contributed by atoms with van der Waals surface area (Å²) < 4.78 is 10.4. The number of likely N-dealkylation sites (tertiary alicyclic amines) is 1. The molecule has 7 nitrogen and oxygen atoms in total. The molecule has 4 aromatic rings. The van der Waals surface area contributed by atoms with Gasteiger partial charge in [0.2, 0.25) is 0 Å². The molecular weight excluding hydrogens is 522 g/mol. The van der Waals surface area contributed by atoms with Gasteiger partial charge in [0, 0.05) is 54.6 Å². The third kappa shape index (κ3) is 4.81. The third-order valence-corrected chi connectivity index (χ3v) is 9.82. The number of hydrogen-bond acceptors (Lipinski definition) is 4. The molecule has 0 bridgehead atoms. The minimum atomic E-state index is 0.00106. The summed E-state index contributed by atoms with van der Waals surface area (Å²) in [5, 5.41) is 1.22. The number of fused-ring (bicyclic) bond motifs is 2. The number of imidazole rings is 1. The van der Waals surface area contributed by atoms with Crippen molar-refractivity contribution in [2.24, 2.45) is 30.0 Å². The van der Waals surface area contributed by atoms with Gasteiger partial charge in [-0.05, 0) is 80.3 Å². The van der Waals surface area contributed by atoms with Gasteiger partial charge >= 0.3 is 0 Å². The number of ether oxygens (including phenoxy) is 1. The summed E-state index contributed by atoms with van der Waals surface area (Å²) in [6, 6.07) is 12.9. The minimum absolute atomic E-state index is 0.00106. The first-order valence-corrected chi connectivity index (χ1v) is 15.5. The van der Waals surface area contributed by atoms with Crippen molar-refractivity contribution in [3.05, 3.63) is 53.6 Å². The summed E-state index contributed by atoms with van der Waals surface area (Å²) in [7, 11) is 3.71. The van der Waals surface area contributed by atoms with Crippen molar-refractivity contribution in [2.45, 2.75) is 66.0 Å². The molecule has 7 heteroatoms. The number of rotatable bonds is 10. The summed E-state index contributed by atoms with van der Waals surface area (Å²) in [4.78, 5) is 20.7. The number of nitrogens with zero attached hydrogens (tertiary/aromatic N) is 4. The molecule has 3 heterocycles. The monoisotopic (exact) mass is 567 g/mol. The van der Waals surface area contributed by atoms with Gasteiger partial charge in [-0.3, -0.25) is 4.79 Å². The molecule has 2 N–H and O–H groups in total.